The van der Waals surface area contributed by atoms with E-state index in [-0.39, 0.29) is 11.4 Å². The van der Waals surface area contributed by atoms with Gasteiger partial charge in [-0.15, -0.1) is 0 Å². The van der Waals surface area contributed by atoms with E-state index in [1.807, 2.05) is 6.07 Å². The molecule has 0 aliphatic rings. The van der Waals surface area contributed by atoms with E-state index in [0.29, 0.717) is 38.4 Å². The summed E-state index contributed by atoms with van der Waals surface area (Å²) in [7, 11) is 0. The van der Waals surface area contributed by atoms with Crippen molar-refractivity contribution in [3.05, 3.63) is 81.3 Å². The molecule has 3 rings (SSSR count). The van der Waals surface area contributed by atoms with Crippen LogP contribution in [0.25, 0.3) is 17.4 Å². The highest BCUT2D eigenvalue weighted by atomic mass is 35.5. The zero-order valence-electron chi connectivity index (χ0n) is 14.6. The first-order valence-corrected chi connectivity index (χ1v) is 8.87. The summed E-state index contributed by atoms with van der Waals surface area (Å²) >= 11 is 12.1. The Morgan fingerprint density at radius 1 is 1.18 bits per heavy atom. The number of aryl methyl sites for hydroxylation is 1. The van der Waals surface area contributed by atoms with Gasteiger partial charge < -0.3 is 9.73 Å². The van der Waals surface area contributed by atoms with Crippen LogP contribution in [0.1, 0.15) is 11.3 Å². The summed E-state index contributed by atoms with van der Waals surface area (Å²) in [5.74, 6) is -0.261. The van der Waals surface area contributed by atoms with Gasteiger partial charge in [0, 0.05) is 22.3 Å². The molecule has 0 saturated carbocycles. The molecule has 0 fully saturated rings. The first-order valence-electron chi connectivity index (χ1n) is 8.12. The number of rotatable bonds is 4. The van der Waals surface area contributed by atoms with Crippen LogP contribution in [0.4, 0.5) is 10.1 Å². The number of nitrogens with one attached hydrogen (secondary N) is 1. The zero-order valence-corrected chi connectivity index (χ0v) is 16.1. The molecule has 7 heteroatoms. The fraction of sp³-hybridized carbons (Fsp3) is 0.0476. The van der Waals surface area contributed by atoms with E-state index < -0.39 is 5.91 Å². The zero-order chi connectivity index (χ0) is 20.3. The lowest BCUT2D eigenvalue weighted by Crippen LogP contribution is -2.13. The second kappa shape index (κ2) is 8.30. The fourth-order valence-electron chi connectivity index (χ4n) is 2.47. The molecule has 0 radical (unpaired) electrons. The summed E-state index contributed by atoms with van der Waals surface area (Å²) in [6.07, 6.45) is 1.31. The Labute approximate surface area is 170 Å². The summed E-state index contributed by atoms with van der Waals surface area (Å²) in [6, 6.07) is 14.2. The van der Waals surface area contributed by atoms with Gasteiger partial charge in [0.1, 0.15) is 29.0 Å². The van der Waals surface area contributed by atoms with Crippen LogP contribution in [0.5, 0.6) is 0 Å². The predicted octanol–water partition coefficient (Wildman–Crippen LogP) is 6.25. The van der Waals surface area contributed by atoms with E-state index in [1.54, 1.807) is 37.3 Å². The molecular formula is C21H13Cl2FN2O2. The molecule has 0 aliphatic heterocycles. The van der Waals surface area contributed by atoms with E-state index >= 15 is 0 Å². The SMILES string of the molecule is Cc1cc(NC(=O)C(C#N)=Cc2ccc(-c3cc(Cl)ccc3Cl)o2)ccc1F. The van der Waals surface area contributed by atoms with Crippen LogP contribution in [0.3, 0.4) is 0 Å². The van der Waals surface area contributed by atoms with Crippen LogP contribution in [-0.4, -0.2) is 5.91 Å². The maximum absolute atomic E-state index is 13.3. The van der Waals surface area contributed by atoms with E-state index in [1.165, 1.54) is 24.3 Å². The lowest BCUT2D eigenvalue weighted by molar-refractivity contribution is -0.112. The van der Waals surface area contributed by atoms with Gasteiger partial charge in [-0.1, -0.05) is 23.2 Å². The first kappa shape index (κ1) is 19.7. The largest absolute Gasteiger partial charge is 0.457 e. The number of amides is 1. The molecule has 0 atom stereocenters. The predicted molar refractivity (Wildman–Crippen MR) is 108 cm³/mol. The van der Waals surface area contributed by atoms with E-state index in [0.717, 1.165) is 0 Å². The Morgan fingerprint density at radius 3 is 2.68 bits per heavy atom. The number of halogens is 3. The third kappa shape index (κ3) is 4.42. The van der Waals surface area contributed by atoms with Crippen LogP contribution in [-0.2, 0) is 4.79 Å². The van der Waals surface area contributed by atoms with Gasteiger partial charge in [0.2, 0.25) is 0 Å². The summed E-state index contributed by atoms with van der Waals surface area (Å²) in [6.45, 7) is 1.58. The number of carbonyl (C=O) groups excluding carboxylic acids is 1. The molecule has 140 valence electrons. The third-order valence-electron chi connectivity index (χ3n) is 3.89. The molecule has 1 heterocycles. The highest BCUT2D eigenvalue weighted by Crippen LogP contribution is 2.32. The molecule has 0 bridgehead atoms. The lowest BCUT2D eigenvalue weighted by Gasteiger charge is -2.05. The van der Waals surface area contributed by atoms with Crippen molar-refractivity contribution in [2.24, 2.45) is 0 Å². The molecule has 3 aromatic rings. The molecule has 28 heavy (non-hydrogen) atoms. The van der Waals surface area contributed by atoms with Crippen LogP contribution >= 0.6 is 23.2 Å². The maximum Gasteiger partial charge on any atom is 0.266 e. The number of benzene rings is 2. The average Bonchev–Trinajstić information content (AvgIpc) is 3.13. The second-order valence-corrected chi connectivity index (χ2v) is 6.76. The van der Waals surface area contributed by atoms with Crippen LogP contribution in [0, 0.1) is 24.1 Å². The summed E-state index contributed by atoms with van der Waals surface area (Å²) in [5.41, 5.74) is 1.20. The number of hydrogen-bond acceptors (Lipinski definition) is 3. The molecule has 1 N–H and O–H groups in total. The van der Waals surface area contributed by atoms with Gasteiger partial charge in [-0.05, 0) is 61.0 Å². The molecule has 4 nitrogen and oxygen atoms in total. The van der Waals surface area contributed by atoms with Gasteiger partial charge in [-0.25, -0.2) is 4.39 Å². The molecule has 0 aliphatic carbocycles. The van der Waals surface area contributed by atoms with Gasteiger partial charge >= 0.3 is 0 Å². The van der Waals surface area contributed by atoms with Crippen molar-refractivity contribution in [3.8, 4) is 17.4 Å². The molecule has 0 unspecified atom stereocenters. The van der Waals surface area contributed by atoms with Gasteiger partial charge in [0.05, 0.1) is 5.02 Å². The standard InChI is InChI=1S/C21H13Cl2FN2O2/c1-12-8-15(3-6-19(12)24)26-21(27)13(11-25)9-16-4-7-20(28-16)17-10-14(22)2-5-18(17)23/h2-10H,1H3,(H,26,27). The van der Waals surface area contributed by atoms with Gasteiger partial charge in [0.15, 0.2) is 0 Å². The number of anilines is 1. The minimum absolute atomic E-state index is 0.167. The van der Waals surface area contributed by atoms with Crippen molar-refractivity contribution in [3.63, 3.8) is 0 Å². The molecular weight excluding hydrogens is 402 g/mol. The van der Waals surface area contributed by atoms with Gasteiger partial charge in [-0.2, -0.15) is 5.26 Å². The van der Waals surface area contributed by atoms with E-state index in [2.05, 4.69) is 5.32 Å². The fourth-order valence-corrected chi connectivity index (χ4v) is 2.86. The number of furan rings is 1. The quantitative estimate of drug-likeness (QED) is 0.405. The smallest absolute Gasteiger partial charge is 0.266 e. The molecule has 0 saturated heterocycles. The van der Waals surface area contributed by atoms with Crippen molar-refractivity contribution < 1.29 is 13.6 Å². The minimum atomic E-state index is -0.632. The van der Waals surface area contributed by atoms with E-state index in [9.17, 15) is 14.4 Å². The highest BCUT2D eigenvalue weighted by Gasteiger charge is 2.13. The van der Waals surface area contributed by atoms with Crippen LogP contribution in [0.15, 0.2) is 58.5 Å². The molecule has 1 amide bonds. The Kier molecular flexibility index (Phi) is 5.84. The number of nitrogens with zero attached hydrogens (tertiary/aromatic N) is 1. The van der Waals surface area contributed by atoms with Crippen molar-refractivity contribution >= 4 is 40.9 Å². The molecule has 0 spiro atoms. The summed E-state index contributed by atoms with van der Waals surface area (Å²) in [5, 5.41) is 12.8. The Morgan fingerprint density at radius 2 is 1.96 bits per heavy atom. The number of nitriles is 1. The Hall–Kier alpha value is -3.07. The Balaban J connectivity index is 1.84. The lowest BCUT2D eigenvalue weighted by atomic mass is 10.2. The molecule has 1 aromatic heterocycles. The van der Waals surface area contributed by atoms with Gasteiger partial charge in [0.25, 0.3) is 5.91 Å². The maximum atomic E-state index is 13.3. The van der Waals surface area contributed by atoms with Crippen molar-refractivity contribution in [1.29, 1.82) is 5.26 Å². The topological polar surface area (TPSA) is 66.0 Å². The van der Waals surface area contributed by atoms with Crippen molar-refractivity contribution in [1.82, 2.24) is 0 Å². The monoisotopic (exact) mass is 414 g/mol. The average molecular weight is 415 g/mol. The normalized spacial score (nSPS) is 11.2. The van der Waals surface area contributed by atoms with Gasteiger partial charge in [-0.3, -0.25) is 4.79 Å². The van der Waals surface area contributed by atoms with Crippen molar-refractivity contribution in [2.45, 2.75) is 6.92 Å². The summed E-state index contributed by atoms with van der Waals surface area (Å²) in [4.78, 5) is 12.3. The van der Waals surface area contributed by atoms with E-state index in [4.69, 9.17) is 27.6 Å². The minimum Gasteiger partial charge on any atom is -0.457 e. The second-order valence-electron chi connectivity index (χ2n) is 5.91. The highest BCUT2D eigenvalue weighted by molar-refractivity contribution is 6.35. The Bertz CT molecular complexity index is 1130. The number of hydrogen-bond donors (Lipinski definition) is 1. The first-order chi connectivity index (χ1) is 13.4. The van der Waals surface area contributed by atoms with Crippen molar-refractivity contribution in [2.75, 3.05) is 5.32 Å². The van der Waals surface area contributed by atoms with Crippen LogP contribution < -0.4 is 5.32 Å². The van der Waals surface area contributed by atoms with Crippen LogP contribution in [0.2, 0.25) is 10.0 Å². The number of carbonyl (C=O) groups is 1. The summed E-state index contributed by atoms with van der Waals surface area (Å²) < 4.78 is 19.0. The molecule has 2 aromatic carbocycles. The third-order valence-corrected chi connectivity index (χ3v) is 4.45.